The summed E-state index contributed by atoms with van der Waals surface area (Å²) in [5, 5.41) is 0. The molecule has 18 heavy (non-hydrogen) atoms. The number of ketones is 1. The summed E-state index contributed by atoms with van der Waals surface area (Å²) in [6, 6.07) is 6.06. The van der Waals surface area contributed by atoms with E-state index in [1.165, 1.54) is 5.56 Å². The van der Waals surface area contributed by atoms with Gasteiger partial charge in [0.05, 0.1) is 0 Å². The molecule has 0 N–H and O–H groups in total. The van der Waals surface area contributed by atoms with Crippen molar-refractivity contribution < 1.29 is 4.79 Å². The van der Waals surface area contributed by atoms with Gasteiger partial charge < -0.3 is 4.90 Å². The summed E-state index contributed by atoms with van der Waals surface area (Å²) in [7, 11) is 0. The monoisotopic (exact) mass is 247 g/mol. The highest BCUT2D eigenvalue weighted by Crippen LogP contribution is 2.16. The molecule has 0 bridgehead atoms. The molecule has 0 amide bonds. The first-order chi connectivity index (χ1) is 8.49. The maximum atomic E-state index is 12.4. The molecule has 1 rings (SSSR count). The highest BCUT2D eigenvalue weighted by atomic mass is 16.1. The maximum absolute atomic E-state index is 12.4. The van der Waals surface area contributed by atoms with Crippen LogP contribution in [0.2, 0.25) is 0 Å². The number of nitrogens with zero attached hydrogens (tertiary/aromatic N) is 1. The predicted octanol–water partition coefficient (Wildman–Crippen LogP) is 3.46. The second-order valence-corrected chi connectivity index (χ2v) is 5.07. The summed E-state index contributed by atoms with van der Waals surface area (Å²) in [6.07, 6.45) is 0. The maximum Gasteiger partial charge on any atom is 0.167 e. The van der Waals surface area contributed by atoms with Crippen LogP contribution in [0.4, 0.5) is 0 Å². The van der Waals surface area contributed by atoms with E-state index in [-0.39, 0.29) is 11.7 Å². The molecule has 0 spiro atoms. The summed E-state index contributed by atoms with van der Waals surface area (Å²) >= 11 is 0. The van der Waals surface area contributed by atoms with Gasteiger partial charge in [0.1, 0.15) is 0 Å². The van der Waals surface area contributed by atoms with Crippen molar-refractivity contribution in [3.05, 3.63) is 34.9 Å². The van der Waals surface area contributed by atoms with Gasteiger partial charge in [0, 0.05) is 18.0 Å². The van der Waals surface area contributed by atoms with Crippen LogP contribution < -0.4 is 0 Å². The molecular formula is C16H25NO. The summed E-state index contributed by atoms with van der Waals surface area (Å²) in [5.74, 6) is 0.325. The second kappa shape index (κ2) is 6.69. The summed E-state index contributed by atoms with van der Waals surface area (Å²) < 4.78 is 0. The number of hydrogen-bond acceptors (Lipinski definition) is 2. The van der Waals surface area contributed by atoms with Crippen molar-refractivity contribution in [2.24, 2.45) is 5.92 Å². The van der Waals surface area contributed by atoms with E-state index in [2.05, 4.69) is 31.7 Å². The Labute approximate surface area is 111 Å². The van der Waals surface area contributed by atoms with Gasteiger partial charge in [0.25, 0.3) is 0 Å². The number of Topliss-reactive ketones (excluding diaryl/α,β-unsaturated/α-hetero) is 1. The van der Waals surface area contributed by atoms with Crippen molar-refractivity contribution >= 4 is 5.78 Å². The van der Waals surface area contributed by atoms with Crippen LogP contribution in [-0.4, -0.2) is 30.3 Å². The summed E-state index contributed by atoms with van der Waals surface area (Å²) in [4.78, 5) is 14.7. The lowest BCUT2D eigenvalue weighted by atomic mass is 9.94. The Morgan fingerprint density at radius 2 is 1.83 bits per heavy atom. The third-order valence-corrected chi connectivity index (χ3v) is 3.52. The molecule has 0 saturated heterocycles. The van der Waals surface area contributed by atoms with Crippen molar-refractivity contribution in [3.8, 4) is 0 Å². The fourth-order valence-corrected chi connectivity index (χ4v) is 2.31. The first kappa shape index (κ1) is 14.9. The van der Waals surface area contributed by atoms with Crippen molar-refractivity contribution in [2.75, 3.05) is 19.6 Å². The summed E-state index contributed by atoms with van der Waals surface area (Å²) in [6.45, 7) is 13.2. The molecule has 2 nitrogen and oxygen atoms in total. The lowest BCUT2D eigenvalue weighted by Crippen LogP contribution is -2.31. The minimum absolute atomic E-state index is 0.0614. The van der Waals surface area contributed by atoms with Crippen LogP contribution >= 0.6 is 0 Å². The first-order valence-corrected chi connectivity index (χ1v) is 6.83. The van der Waals surface area contributed by atoms with E-state index in [0.717, 1.165) is 30.8 Å². The minimum Gasteiger partial charge on any atom is -0.303 e. The molecule has 1 aromatic carbocycles. The fraction of sp³-hybridized carbons (Fsp3) is 0.562. The Hall–Kier alpha value is -1.15. The molecule has 1 atom stereocenters. The number of aryl methyl sites for hydroxylation is 2. The van der Waals surface area contributed by atoms with Crippen molar-refractivity contribution in [1.82, 2.24) is 4.90 Å². The minimum atomic E-state index is 0.0614. The van der Waals surface area contributed by atoms with Gasteiger partial charge in [-0.2, -0.15) is 0 Å². The fourth-order valence-electron chi connectivity index (χ4n) is 2.31. The van der Waals surface area contributed by atoms with Gasteiger partial charge >= 0.3 is 0 Å². The van der Waals surface area contributed by atoms with Crippen LogP contribution in [0, 0.1) is 19.8 Å². The Kier molecular flexibility index (Phi) is 5.54. The van der Waals surface area contributed by atoms with Crippen LogP contribution in [0.5, 0.6) is 0 Å². The van der Waals surface area contributed by atoms with Crippen LogP contribution in [0.25, 0.3) is 0 Å². The van der Waals surface area contributed by atoms with E-state index in [0.29, 0.717) is 0 Å². The van der Waals surface area contributed by atoms with Gasteiger partial charge in [-0.1, -0.05) is 44.5 Å². The third kappa shape index (κ3) is 3.67. The van der Waals surface area contributed by atoms with E-state index >= 15 is 0 Å². The Morgan fingerprint density at radius 3 is 2.33 bits per heavy atom. The van der Waals surface area contributed by atoms with Crippen LogP contribution in [-0.2, 0) is 0 Å². The third-order valence-electron chi connectivity index (χ3n) is 3.52. The summed E-state index contributed by atoms with van der Waals surface area (Å²) in [5.41, 5.74) is 3.17. The SMILES string of the molecule is CCN(CC)CC(C)C(=O)c1ccc(C)cc1C. The molecule has 2 heteroatoms. The highest BCUT2D eigenvalue weighted by molar-refractivity contribution is 5.99. The number of benzene rings is 1. The number of carbonyl (C=O) groups is 1. The van der Waals surface area contributed by atoms with Gasteiger partial charge in [0.15, 0.2) is 5.78 Å². The molecule has 0 aliphatic rings. The highest BCUT2D eigenvalue weighted by Gasteiger charge is 2.18. The molecule has 100 valence electrons. The van der Waals surface area contributed by atoms with Gasteiger partial charge in [0.2, 0.25) is 0 Å². The standard InChI is InChI=1S/C16H25NO/c1-6-17(7-2)11-14(5)16(18)15-9-8-12(3)10-13(15)4/h8-10,14H,6-7,11H2,1-5H3. The Bertz CT molecular complexity index is 408. The Balaban J connectivity index is 2.80. The normalized spacial score (nSPS) is 12.8. The largest absolute Gasteiger partial charge is 0.303 e. The van der Waals surface area contributed by atoms with Gasteiger partial charge in [-0.25, -0.2) is 0 Å². The number of hydrogen-bond donors (Lipinski definition) is 0. The quantitative estimate of drug-likeness (QED) is 0.717. The zero-order valence-corrected chi connectivity index (χ0v) is 12.3. The molecule has 0 heterocycles. The molecule has 0 saturated carbocycles. The smallest absolute Gasteiger partial charge is 0.167 e. The first-order valence-electron chi connectivity index (χ1n) is 6.83. The number of rotatable bonds is 6. The number of carbonyl (C=O) groups excluding carboxylic acids is 1. The van der Waals surface area contributed by atoms with Crippen LogP contribution in [0.3, 0.4) is 0 Å². The topological polar surface area (TPSA) is 20.3 Å². The van der Waals surface area contributed by atoms with Crippen molar-refractivity contribution in [3.63, 3.8) is 0 Å². The zero-order chi connectivity index (χ0) is 13.7. The lowest BCUT2D eigenvalue weighted by molar-refractivity contribution is 0.0897. The van der Waals surface area contributed by atoms with E-state index in [1.54, 1.807) is 0 Å². The molecule has 0 aromatic heterocycles. The average Bonchev–Trinajstić information content (AvgIpc) is 2.34. The second-order valence-electron chi connectivity index (χ2n) is 5.07. The van der Waals surface area contributed by atoms with E-state index in [9.17, 15) is 4.79 Å². The van der Waals surface area contributed by atoms with E-state index in [1.807, 2.05) is 26.0 Å². The molecule has 0 radical (unpaired) electrons. The van der Waals surface area contributed by atoms with E-state index < -0.39 is 0 Å². The zero-order valence-electron chi connectivity index (χ0n) is 12.3. The van der Waals surface area contributed by atoms with Crippen LogP contribution in [0.15, 0.2) is 18.2 Å². The van der Waals surface area contributed by atoms with Crippen molar-refractivity contribution in [1.29, 1.82) is 0 Å². The molecule has 1 unspecified atom stereocenters. The van der Waals surface area contributed by atoms with Gasteiger partial charge in [-0.15, -0.1) is 0 Å². The average molecular weight is 247 g/mol. The molecule has 0 aliphatic carbocycles. The molecule has 0 aliphatic heterocycles. The molecule has 0 fully saturated rings. The van der Waals surface area contributed by atoms with Gasteiger partial charge in [-0.05, 0) is 32.5 Å². The lowest BCUT2D eigenvalue weighted by Gasteiger charge is -2.22. The van der Waals surface area contributed by atoms with Crippen LogP contribution in [0.1, 0.15) is 42.3 Å². The van der Waals surface area contributed by atoms with Crippen molar-refractivity contribution in [2.45, 2.75) is 34.6 Å². The molecular weight excluding hydrogens is 222 g/mol. The molecule has 1 aromatic rings. The Morgan fingerprint density at radius 1 is 1.22 bits per heavy atom. The van der Waals surface area contributed by atoms with Gasteiger partial charge in [-0.3, -0.25) is 4.79 Å². The predicted molar refractivity (Wildman–Crippen MR) is 77.2 cm³/mol. The van der Waals surface area contributed by atoms with E-state index in [4.69, 9.17) is 0 Å².